The number of halogens is 1. The van der Waals surface area contributed by atoms with Crippen molar-refractivity contribution in [3.63, 3.8) is 0 Å². The van der Waals surface area contributed by atoms with E-state index in [-0.39, 0.29) is 35.7 Å². The summed E-state index contributed by atoms with van der Waals surface area (Å²) in [6, 6.07) is 11.2. The van der Waals surface area contributed by atoms with Crippen LogP contribution in [0.25, 0.3) is 0 Å². The van der Waals surface area contributed by atoms with Crippen molar-refractivity contribution in [3.8, 4) is 0 Å². The van der Waals surface area contributed by atoms with Crippen molar-refractivity contribution in [3.05, 3.63) is 65.7 Å². The van der Waals surface area contributed by atoms with E-state index in [1.807, 2.05) is 4.90 Å². The minimum atomic E-state index is -0.302. The molecule has 1 atom stereocenters. The number of aromatic nitrogens is 1. The van der Waals surface area contributed by atoms with Gasteiger partial charge in [0.05, 0.1) is 24.7 Å². The molecule has 2 saturated heterocycles. The van der Waals surface area contributed by atoms with Gasteiger partial charge in [-0.2, -0.15) is 0 Å². The summed E-state index contributed by atoms with van der Waals surface area (Å²) >= 11 is 0. The summed E-state index contributed by atoms with van der Waals surface area (Å²) in [6.07, 6.45) is 4.11. The highest BCUT2D eigenvalue weighted by atomic mass is 19.1. The van der Waals surface area contributed by atoms with Crippen LogP contribution in [-0.2, 0) is 16.0 Å². The van der Waals surface area contributed by atoms with E-state index in [1.165, 1.54) is 12.1 Å². The summed E-state index contributed by atoms with van der Waals surface area (Å²) in [5.74, 6) is -0.447. The first-order chi connectivity index (χ1) is 14.0. The fraction of sp³-hybridized carbons (Fsp3) is 0.409. The first kappa shape index (κ1) is 19.5. The van der Waals surface area contributed by atoms with Crippen molar-refractivity contribution in [2.45, 2.75) is 37.3 Å². The maximum Gasteiger partial charge on any atom is 0.270 e. The van der Waals surface area contributed by atoms with Crippen molar-refractivity contribution in [1.82, 2.24) is 15.2 Å². The van der Waals surface area contributed by atoms with Gasteiger partial charge in [-0.05, 0) is 49.1 Å². The second-order valence-electron chi connectivity index (χ2n) is 7.77. The number of ether oxygens (including phenoxy) is 1. The average molecular weight is 397 g/mol. The Balaban J connectivity index is 1.27. The molecule has 7 heteroatoms. The van der Waals surface area contributed by atoms with Crippen molar-refractivity contribution < 1.29 is 18.7 Å². The standard InChI is InChI=1S/C22H24FN3O3/c23-17-6-4-16(5-7-17)13-20(27)26-11-8-22(9-12-26)14-18(15-29-22)25-21(28)19-3-1-2-10-24-19/h1-7,10,18H,8-9,11-15H2,(H,25,28)/t18-/m1/s1. The molecule has 0 unspecified atom stereocenters. The summed E-state index contributed by atoms with van der Waals surface area (Å²) in [4.78, 5) is 30.8. The molecule has 0 bridgehead atoms. The number of piperidine rings is 1. The summed E-state index contributed by atoms with van der Waals surface area (Å²) in [7, 11) is 0. The second-order valence-corrected chi connectivity index (χ2v) is 7.77. The molecule has 2 fully saturated rings. The van der Waals surface area contributed by atoms with Gasteiger partial charge in [0.15, 0.2) is 0 Å². The van der Waals surface area contributed by atoms with E-state index in [0.29, 0.717) is 25.4 Å². The predicted molar refractivity (Wildman–Crippen MR) is 105 cm³/mol. The van der Waals surface area contributed by atoms with Crippen LogP contribution < -0.4 is 5.32 Å². The zero-order valence-electron chi connectivity index (χ0n) is 16.1. The SMILES string of the molecule is O=C(N[C@H]1COC2(CCN(C(=O)Cc3ccc(F)cc3)CC2)C1)c1ccccn1. The number of hydrogen-bond donors (Lipinski definition) is 1. The number of nitrogens with zero attached hydrogens (tertiary/aromatic N) is 2. The first-order valence-electron chi connectivity index (χ1n) is 9.91. The van der Waals surface area contributed by atoms with Crippen LogP contribution in [-0.4, -0.2) is 53.0 Å². The zero-order valence-corrected chi connectivity index (χ0v) is 16.1. The fourth-order valence-electron chi connectivity index (χ4n) is 4.09. The number of carbonyl (C=O) groups excluding carboxylic acids is 2. The van der Waals surface area contributed by atoms with E-state index in [9.17, 15) is 14.0 Å². The summed E-state index contributed by atoms with van der Waals surface area (Å²) in [5.41, 5.74) is 0.926. The van der Waals surface area contributed by atoms with Gasteiger partial charge in [-0.1, -0.05) is 18.2 Å². The summed E-state index contributed by atoms with van der Waals surface area (Å²) in [6.45, 7) is 1.73. The highest BCUT2D eigenvalue weighted by Crippen LogP contribution is 2.36. The maximum atomic E-state index is 13.0. The highest BCUT2D eigenvalue weighted by molar-refractivity contribution is 5.92. The molecule has 1 spiro atoms. The Morgan fingerprint density at radius 2 is 1.93 bits per heavy atom. The third-order valence-corrected chi connectivity index (χ3v) is 5.74. The minimum Gasteiger partial charge on any atom is -0.373 e. The Hall–Kier alpha value is -2.80. The van der Waals surface area contributed by atoms with Crippen molar-refractivity contribution in [1.29, 1.82) is 0 Å². The van der Waals surface area contributed by atoms with E-state index in [4.69, 9.17) is 4.74 Å². The lowest BCUT2D eigenvalue weighted by atomic mass is 9.87. The number of carbonyl (C=O) groups is 2. The summed E-state index contributed by atoms with van der Waals surface area (Å²) in [5, 5.41) is 3.00. The number of benzene rings is 1. The van der Waals surface area contributed by atoms with E-state index in [1.54, 1.807) is 36.5 Å². The van der Waals surface area contributed by atoms with Gasteiger partial charge in [0.2, 0.25) is 5.91 Å². The first-order valence-corrected chi connectivity index (χ1v) is 9.91. The molecule has 152 valence electrons. The Labute approximate surface area is 169 Å². The maximum absolute atomic E-state index is 13.0. The quantitative estimate of drug-likeness (QED) is 0.860. The van der Waals surface area contributed by atoms with Gasteiger partial charge in [-0.3, -0.25) is 14.6 Å². The van der Waals surface area contributed by atoms with Crippen LogP contribution >= 0.6 is 0 Å². The average Bonchev–Trinajstić information content (AvgIpc) is 3.12. The van der Waals surface area contributed by atoms with E-state index in [2.05, 4.69) is 10.3 Å². The van der Waals surface area contributed by atoms with Gasteiger partial charge >= 0.3 is 0 Å². The molecular weight excluding hydrogens is 373 g/mol. The van der Waals surface area contributed by atoms with Crippen molar-refractivity contribution in [2.75, 3.05) is 19.7 Å². The van der Waals surface area contributed by atoms with Gasteiger partial charge in [0.25, 0.3) is 5.91 Å². The number of likely N-dealkylation sites (tertiary alicyclic amines) is 1. The molecule has 0 saturated carbocycles. The van der Waals surface area contributed by atoms with Crippen LogP contribution in [0.5, 0.6) is 0 Å². The molecule has 0 aliphatic carbocycles. The van der Waals surface area contributed by atoms with Crippen LogP contribution in [0, 0.1) is 5.82 Å². The number of rotatable bonds is 4. The molecule has 6 nitrogen and oxygen atoms in total. The van der Waals surface area contributed by atoms with Crippen LogP contribution in [0.4, 0.5) is 4.39 Å². The second kappa shape index (κ2) is 8.29. The molecule has 0 radical (unpaired) electrons. The molecule has 29 heavy (non-hydrogen) atoms. The molecule has 4 rings (SSSR count). The minimum absolute atomic E-state index is 0.0458. The van der Waals surface area contributed by atoms with Gasteiger partial charge in [-0.15, -0.1) is 0 Å². The molecular formula is C22H24FN3O3. The smallest absolute Gasteiger partial charge is 0.270 e. The Bertz CT molecular complexity index is 865. The molecule has 1 aromatic heterocycles. The number of nitrogens with one attached hydrogen (secondary N) is 1. The molecule has 2 aliphatic rings. The van der Waals surface area contributed by atoms with Gasteiger partial charge in [-0.25, -0.2) is 4.39 Å². The van der Waals surface area contributed by atoms with Gasteiger partial charge in [0.1, 0.15) is 11.5 Å². The van der Waals surface area contributed by atoms with Crippen LogP contribution in [0.15, 0.2) is 48.7 Å². The molecule has 1 N–H and O–H groups in total. The largest absolute Gasteiger partial charge is 0.373 e. The van der Waals surface area contributed by atoms with Crippen LogP contribution in [0.3, 0.4) is 0 Å². The normalized spacial score (nSPS) is 20.6. The number of pyridine rings is 1. The van der Waals surface area contributed by atoms with E-state index in [0.717, 1.165) is 24.8 Å². The Kier molecular flexibility index (Phi) is 5.58. The summed E-state index contributed by atoms with van der Waals surface area (Å²) < 4.78 is 19.1. The van der Waals surface area contributed by atoms with E-state index < -0.39 is 0 Å². The van der Waals surface area contributed by atoms with Gasteiger partial charge < -0.3 is 15.0 Å². The fourth-order valence-corrected chi connectivity index (χ4v) is 4.09. The molecule has 2 amide bonds. The monoisotopic (exact) mass is 397 g/mol. The van der Waals surface area contributed by atoms with Crippen LogP contribution in [0.2, 0.25) is 0 Å². The lowest BCUT2D eigenvalue weighted by Gasteiger charge is -2.38. The predicted octanol–water partition coefficient (Wildman–Crippen LogP) is 2.34. The van der Waals surface area contributed by atoms with Crippen molar-refractivity contribution >= 4 is 11.8 Å². The third kappa shape index (κ3) is 4.62. The lowest BCUT2D eigenvalue weighted by molar-refractivity contribution is -0.135. The topological polar surface area (TPSA) is 71.5 Å². The highest BCUT2D eigenvalue weighted by Gasteiger charge is 2.43. The lowest BCUT2D eigenvalue weighted by Crippen LogP contribution is -2.47. The third-order valence-electron chi connectivity index (χ3n) is 5.74. The molecule has 2 aliphatic heterocycles. The zero-order chi connectivity index (χ0) is 20.3. The van der Waals surface area contributed by atoms with E-state index >= 15 is 0 Å². The Morgan fingerprint density at radius 1 is 1.17 bits per heavy atom. The molecule has 2 aromatic rings. The molecule has 3 heterocycles. The van der Waals surface area contributed by atoms with Crippen LogP contribution in [0.1, 0.15) is 35.3 Å². The molecule has 1 aromatic carbocycles. The number of amides is 2. The Morgan fingerprint density at radius 3 is 2.62 bits per heavy atom. The number of hydrogen-bond acceptors (Lipinski definition) is 4. The van der Waals surface area contributed by atoms with Crippen molar-refractivity contribution in [2.24, 2.45) is 0 Å². The van der Waals surface area contributed by atoms with Gasteiger partial charge in [0, 0.05) is 19.3 Å².